The molecule has 2 aliphatic rings. The van der Waals surface area contributed by atoms with Gasteiger partial charge in [0.2, 0.25) is 0 Å². The lowest BCUT2D eigenvalue weighted by atomic mass is 10.1. The number of aryl methyl sites for hydroxylation is 1. The Morgan fingerprint density at radius 2 is 1.81 bits per heavy atom. The first-order valence-corrected chi connectivity index (χ1v) is 12.6. The molecule has 0 bridgehead atoms. The van der Waals surface area contributed by atoms with E-state index in [2.05, 4.69) is 25.8 Å². The zero-order valence-electron chi connectivity index (χ0n) is 21.0. The van der Waals surface area contributed by atoms with Gasteiger partial charge in [-0.15, -0.1) is 0 Å². The lowest BCUT2D eigenvalue weighted by Crippen LogP contribution is -2.47. The number of hydrogen-bond donors (Lipinski definition) is 0. The number of piperazine rings is 1. The summed E-state index contributed by atoms with van der Waals surface area (Å²) in [6.07, 6.45) is 5.23. The summed E-state index contributed by atoms with van der Waals surface area (Å²) in [7, 11) is 1.63. The van der Waals surface area contributed by atoms with Crippen molar-refractivity contribution in [2.75, 3.05) is 57.9 Å². The largest absolute Gasteiger partial charge is 0.462 e. The number of aromatic nitrogens is 2. The SMILES string of the molecule is COCC1=COc2ccc(C)cc2C(=O)N1CCCCN1CCN(c2ncnc3ccccc23)CC1. The Kier molecular flexibility index (Phi) is 7.44. The third kappa shape index (κ3) is 5.20. The number of hydrogen-bond acceptors (Lipinski definition) is 7. The summed E-state index contributed by atoms with van der Waals surface area (Å²) >= 11 is 0. The van der Waals surface area contributed by atoms with Gasteiger partial charge in [-0.1, -0.05) is 23.8 Å². The molecule has 1 saturated heterocycles. The van der Waals surface area contributed by atoms with Crippen LogP contribution in [0.5, 0.6) is 5.75 Å². The first-order chi connectivity index (χ1) is 17.6. The Balaban J connectivity index is 1.14. The number of fused-ring (bicyclic) bond motifs is 2. The number of nitrogens with zero attached hydrogens (tertiary/aromatic N) is 5. The molecule has 2 aromatic carbocycles. The quantitative estimate of drug-likeness (QED) is 0.447. The third-order valence-corrected chi connectivity index (χ3v) is 6.87. The van der Waals surface area contributed by atoms with E-state index in [4.69, 9.17) is 9.47 Å². The minimum absolute atomic E-state index is 0.0276. The average molecular weight is 488 g/mol. The normalized spacial score (nSPS) is 16.5. The summed E-state index contributed by atoms with van der Waals surface area (Å²) in [5, 5.41) is 1.11. The minimum Gasteiger partial charge on any atom is -0.462 e. The van der Waals surface area contributed by atoms with Crippen molar-refractivity contribution in [1.82, 2.24) is 19.8 Å². The van der Waals surface area contributed by atoms with Crippen LogP contribution in [-0.2, 0) is 4.74 Å². The first-order valence-electron chi connectivity index (χ1n) is 12.6. The second kappa shape index (κ2) is 11.1. The topological polar surface area (TPSA) is 71.0 Å². The molecule has 0 radical (unpaired) electrons. The fraction of sp³-hybridized carbons (Fsp3) is 0.393. The molecule has 8 nitrogen and oxygen atoms in total. The van der Waals surface area contributed by atoms with E-state index >= 15 is 0 Å². The van der Waals surface area contributed by atoms with Crippen molar-refractivity contribution in [3.05, 3.63) is 71.9 Å². The number of para-hydroxylation sites is 1. The maximum atomic E-state index is 13.4. The van der Waals surface area contributed by atoms with Crippen LogP contribution in [0, 0.1) is 6.92 Å². The van der Waals surface area contributed by atoms with E-state index in [-0.39, 0.29) is 5.91 Å². The predicted octanol–water partition coefficient (Wildman–Crippen LogP) is 3.86. The molecule has 1 amide bonds. The van der Waals surface area contributed by atoms with Gasteiger partial charge in [-0.2, -0.15) is 0 Å². The summed E-state index contributed by atoms with van der Waals surface area (Å²) < 4.78 is 11.2. The summed E-state index contributed by atoms with van der Waals surface area (Å²) in [5.74, 6) is 1.59. The van der Waals surface area contributed by atoms with Gasteiger partial charge in [0.05, 0.1) is 23.4 Å². The molecule has 0 aliphatic carbocycles. The number of carbonyl (C=O) groups is 1. The molecule has 2 aliphatic heterocycles. The zero-order chi connectivity index (χ0) is 24.9. The molecule has 1 aromatic heterocycles. The Hall–Kier alpha value is -3.49. The lowest BCUT2D eigenvalue weighted by molar-refractivity contribution is 0.0771. The smallest absolute Gasteiger partial charge is 0.261 e. The molecule has 0 N–H and O–H groups in total. The van der Waals surface area contributed by atoms with Crippen LogP contribution in [0.1, 0.15) is 28.8 Å². The van der Waals surface area contributed by atoms with Crippen LogP contribution in [0.4, 0.5) is 5.82 Å². The highest BCUT2D eigenvalue weighted by Gasteiger charge is 2.26. The van der Waals surface area contributed by atoms with E-state index in [9.17, 15) is 4.79 Å². The van der Waals surface area contributed by atoms with Gasteiger partial charge in [0.25, 0.3) is 5.91 Å². The second-order valence-electron chi connectivity index (χ2n) is 9.37. The highest BCUT2D eigenvalue weighted by Crippen LogP contribution is 2.28. The van der Waals surface area contributed by atoms with E-state index in [1.165, 1.54) is 0 Å². The molecule has 8 heteroatoms. The zero-order valence-corrected chi connectivity index (χ0v) is 21.0. The molecule has 188 valence electrons. The van der Waals surface area contributed by atoms with Gasteiger partial charge in [-0.05, 0) is 50.6 Å². The Morgan fingerprint density at radius 1 is 1.00 bits per heavy atom. The van der Waals surface area contributed by atoms with Crippen LogP contribution in [0.2, 0.25) is 0 Å². The molecule has 5 rings (SSSR count). The number of unbranched alkanes of at least 4 members (excludes halogenated alkanes) is 1. The summed E-state index contributed by atoms with van der Waals surface area (Å²) in [4.78, 5) is 29.0. The van der Waals surface area contributed by atoms with Crippen LogP contribution in [0.25, 0.3) is 10.9 Å². The number of rotatable bonds is 8. The molecule has 0 spiro atoms. The summed E-state index contributed by atoms with van der Waals surface area (Å²) in [6.45, 7) is 7.84. The van der Waals surface area contributed by atoms with Gasteiger partial charge in [0, 0.05) is 45.2 Å². The fourth-order valence-electron chi connectivity index (χ4n) is 4.92. The van der Waals surface area contributed by atoms with Gasteiger partial charge in [0.1, 0.15) is 24.2 Å². The lowest BCUT2D eigenvalue weighted by Gasteiger charge is -2.35. The van der Waals surface area contributed by atoms with Crippen LogP contribution < -0.4 is 9.64 Å². The van der Waals surface area contributed by atoms with Crippen LogP contribution in [0.15, 0.2) is 60.8 Å². The molecule has 3 aromatic rings. The van der Waals surface area contributed by atoms with E-state index < -0.39 is 0 Å². The highest BCUT2D eigenvalue weighted by atomic mass is 16.5. The monoisotopic (exact) mass is 487 g/mol. The van der Waals surface area contributed by atoms with E-state index in [0.29, 0.717) is 24.5 Å². The Morgan fingerprint density at radius 3 is 2.64 bits per heavy atom. The number of carbonyl (C=O) groups excluding carboxylic acids is 1. The second-order valence-corrected chi connectivity index (χ2v) is 9.37. The van der Waals surface area contributed by atoms with Crippen LogP contribution >= 0.6 is 0 Å². The molecule has 0 saturated carbocycles. The summed E-state index contributed by atoms with van der Waals surface area (Å²) in [5.41, 5.74) is 3.38. The average Bonchev–Trinajstić information content (AvgIpc) is 3.03. The fourth-order valence-corrected chi connectivity index (χ4v) is 4.92. The van der Waals surface area contributed by atoms with Gasteiger partial charge < -0.3 is 19.3 Å². The van der Waals surface area contributed by atoms with Crippen molar-refractivity contribution < 1.29 is 14.3 Å². The van der Waals surface area contributed by atoms with E-state index in [1.807, 2.05) is 48.2 Å². The van der Waals surface area contributed by atoms with Gasteiger partial charge in [0.15, 0.2) is 0 Å². The number of anilines is 1. The van der Waals surface area contributed by atoms with Gasteiger partial charge in [-0.25, -0.2) is 9.97 Å². The Bertz CT molecular complexity index is 1250. The minimum atomic E-state index is -0.0276. The van der Waals surface area contributed by atoms with Crippen LogP contribution in [-0.4, -0.2) is 78.7 Å². The molecule has 0 atom stereocenters. The van der Waals surface area contributed by atoms with Crippen molar-refractivity contribution in [3.8, 4) is 5.75 Å². The van der Waals surface area contributed by atoms with Crippen molar-refractivity contribution in [2.45, 2.75) is 19.8 Å². The number of benzene rings is 2. The molecule has 1 fully saturated rings. The van der Waals surface area contributed by atoms with Gasteiger partial charge in [-0.3, -0.25) is 9.69 Å². The van der Waals surface area contributed by atoms with Gasteiger partial charge >= 0.3 is 0 Å². The van der Waals surface area contributed by atoms with Crippen molar-refractivity contribution >= 4 is 22.6 Å². The van der Waals surface area contributed by atoms with Crippen molar-refractivity contribution in [3.63, 3.8) is 0 Å². The number of methoxy groups -OCH3 is 1. The number of ether oxygens (including phenoxy) is 2. The highest BCUT2D eigenvalue weighted by molar-refractivity contribution is 5.98. The summed E-state index contributed by atoms with van der Waals surface area (Å²) in [6, 6.07) is 13.9. The predicted molar refractivity (Wildman–Crippen MR) is 140 cm³/mol. The van der Waals surface area contributed by atoms with E-state index in [1.54, 1.807) is 19.7 Å². The standard InChI is InChI=1S/C28H33N5O3/c1-21-9-10-26-24(17-21)28(34)33(22(18-35-2)19-36-26)12-6-5-11-31-13-15-32(16-14-31)27-23-7-3-4-8-25(23)29-20-30-27/h3-4,7-10,17,19-20H,5-6,11-16,18H2,1-2H3. The third-order valence-electron chi connectivity index (χ3n) is 6.87. The molecular weight excluding hydrogens is 454 g/mol. The van der Waals surface area contributed by atoms with E-state index in [0.717, 1.165) is 73.5 Å². The van der Waals surface area contributed by atoms with Crippen molar-refractivity contribution in [2.24, 2.45) is 0 Å². The van der Waals surface area contributed by atoms with Crippen molar-refractivity contribution in [1.29, 1.82) is 0 Å². The molecule has 3 heterocycles. The maximum absolute atomic E-state index is 13.4. The van der Waals surface area contributed by atoms with Crippen LogP contribution in [0.3, 0.4) is 0 Å². The first kappa shape index (κ1) is 24.2. The molecule has 0 unspecified atom stereocenters. The maximum Gasteiger partial charge on any atom is 0.261 e. The Labute approximate surface area is 212 Å². The molecular formula is C28H33N5O3. The number of amides is 1. The molecule has 36 heavy (non-hydrogen) atoms.